The van der Waals surface area contributed by atoms with Crippen molar-refractivity contribution in [3.05, 3.63) is 28.9 Å². The minimum atomic E-state index is 0.484. The van der Waals surface area contributed by atoms with Gasteiger partial charge < -0.3 is 24.4 Å². The molecule has 0 atom stereocenters. The molecule has 0 radical (unpaired) electrons. The third kappa shape index (κ3) is 4.05. The predicted octanol–water partition coefficient (Wildman–Crippen LogP) is 3.04. The summed E-state index contributed by atoms with van der Waals surface area (Å²) >= 11 is 6.16. The van der Waals surface area contributed by atoms with E-state index >= 15 is 0 Å². The molecule has 0 unspecified atom stereocenters. The van der Waals surface area contributed by atoms with Crippen LogP contribution in [0.4, 0.5) is 17.5 Å². The van der Waals surface area contributed by atoms with Crippen molar-refractivity contribution in [3.8, 4) is 11.5 Å². The van der Waals surface area contributed by atoms with Crippen LogP contribution in [0.2, 0.25) is 5.02 Å². The lowest BCUT2D eigenvalue weighted by Crippen LogP contribution is -2.37. The molecule has 0 spiro atoms. The van der Waals surface area contributed by atoms with Crippen LogP contribution >= 0.6 is 11.6 Å². The predicted molar refractivity (Wildman–Crippen MR) is 97.6 cm³/mol. The monoisotopic (exact) mass is 364 g/mol. The second kappa shape index (κ2) is 7.76. The van der Waals surface area contributed by atoms with Gasteiger partial charge in [-0.15, -0.1) is 0 Å². The highest BCUT2D eigenvalue weighted by Gasteiger charge is 2.16. The van der Waals surface area contributed by atoms with Crippen molar-refractivity contribution in [2.45, 2.75) is 6.92 Å². The zero-order valence-electron chi connectivity index (χ0n) is 14.5. The number of benzene rings is 1. The highest BCUT2D eigenvalue weighted by molar-refractivity contribution is 6.32. The Hall–Kier alpha value is -2.25. The number of hydrogen-bond acceptors (Lipinski definition) is 7. The largest absolute Gasteiger partial charge is 0.495 e. The second-order valence-electron chi connectivity index (χ2n) is 5.61. The summed E-state index contributed by atoms with van der Waals surface area (Å²) in [6.45, 7) is 4.86. The fourth-order valence-electron chi connectivity index (χ4n) is 2.62. The van der Waals surface area contributed by atoms with Crippen molar-refractivity contribution in [3.63, 3.8) is 0 Å². The lowest BCUT2D eigenvalue weighted by Gasteiger charge is -2.27. The van der Waals surface area contributed by atoms with Crippen LogP contribution in [0.3, 0.4) is 0 Å². The van der Waals surface area contributed by atoms with Crippen LogP contribution in [-0.2, 0) is 4.74 Å². The summed E-state index contributed by atoms with van der Waals surface area (Å²) in [5.41, 5.74) is 1.59. The van der Waals surface area contributed by atoms with Crippen LogP contribution in [0, 0.1) is 6.92 Å². The normalized spacial score (nSPS) is 14.3. The van der Waals surface area contributed by atoms with Gasteiger partial charge in [-0.2, -0.15) is 4.98 Å². The highest BCUT2D eigenvalue weighted by Crippen LogP contribution is 2.37. The third-order valence-electron chi connectivity index (χ3n) is 3.87. The zero-order valence-corrected chi connectivity index (χ0v) is 15.3. The summed E-state index contributed by atoms with van der Waals surface area (Å²) in [4.78, 5) is 11.3. The summed E-state index contributed by atoms with van der Waals surface area (Å²) in [5.74, 6) is 2.53. The molecule has 1 aromatic carbocycles. The number of ether oxygens (including phenoxy) is 3. The Kier molecular flexibility index (Phi) is 5.45. The molecule has 0 saturated carbocycles. The van der Waals surface area contributed by atoms with Gasteiger partial charge in [0.2, 0.25) is 5.95 Å². The fourth-order valence-corrected chi connectivity index (χ4v) is 2.85. The van der Waals surface area contributed by atoms with Crippen molar-refractivity contribution in [1.82, 2.24) is 9.97 Å². The third-order valence-corrected chi connectivity index (χ3v) is 4.17. The maximum atomic E-state index is 6.16. The molecular weight excluding hydrogens is 344 g/mol. The SMILES string of the molecule is COc1cc(Nc2cc(C)nc(N3CCOCC3)n2)c(OC)cc1Cl. The molecule has 1 aromatic heterocycles. The van der Waals surface area contributed by atoms with Gasteiger partial charge in [-0.25, -0.2) is 4.98 Å². The van der Waals surface area contributed by atoms with E-state index in [1.165, 1.54) is 0 Å². The minimum absolute atomic E-state index is 0.484. The van der Waals surface area contributed by atoms with E-state index in [1.54, 1.807) is 26.4 Å². The highest BCUT2D eigenvalue weighted by atomic mass is 35.5. The number of methoxy groups -OCH3 is 2. The maximum Gasteiger partial charge on any atom is 0.227 e. The summed E-state index contributed by atoms with van der Waals surface area (Å²) < 4.78 is 16.1. The first-order valence-electron chi connectivity index (χ1n) is 7.97. The molecule has 0 aliphatic carbocycles. The number of nitrogens with zero attached hydrogens (tertiary/aromatic N) is 3. The van der Waals surface area contributed by atoms with Crippen LogP contribution in [0.5, 0.6) is 11.5 Å². The Morgan fingerprint density at radius 2 is 1.80 bits per heavy atom. The molecule has 2 aromatic rings. The second-order valence-corrected chi connectivity index (χ2v) is 6.01. The zero-order chi connectivity index (χ0) is 17.8. The molecule has 1 N–H and O–H groups in total. The molecule has 0 bridgehead atoms. The molecule has 1 aliphatic rings. The Morgan fingerprint density at radius 1 is 1.08 bits per heavy atom. The van der Waals surface area contributed by atoms with E-state index in [0.29, 0.717) is 41.5 Å². The standard InChI is InChI=1S/C17H21ClN4O3/c1-11-8-16(21-17(19-11)22-4-6-25-7-5-22)20-13-10-14(23-2)12(18)9-15(13)24-3/h8-10H,4-7H2,1-3H3,(H,19,20,21). The lowest BCUT2D eigenvalue weighted by molar-refractivity contribution is 0.122. The first-order valence-corrected chi connectivity index (χ1v) is 8.35. The number of hydrogen-bond donors (Lipinski definition) is 1. The van der Waals surface area contributed by atoms with Crippen LogP contribution in [0.15, 0.2) is 18.2 Å². The first-order chi connectivity index (χ1) is 12.1. The molecule has 1 saturated heterocycles. The minimum Gasteiger partial charge on any atom is -0.495 e. The average Bonchev–Trinajstić information content (AvgIpc) is 2.63. The fraction of sp³-hybridized carbons (Fsp3) is 0.412. The van der Waals surface area contributed by atoms with E-state index in [-0.39, 0.29) is 0 Å². The van der Waals surface area contributed by atoms with Crippen molar-refractivity contribution >= 4 is 29.1 Å². The number of nitrogens with one attached hydrogen (secondary N) is 1. The Bertz CT molecular complexity index is 751. The van der Waals surface area contributed by atoms with Gasteiger partial charge in [0.05, 0.1) is 38.1 Å². The number of rotatable bonds is 5. The van der Waals surface area contributed by atoms with E-state index < -0.39 is 0 Å². The van der Waals surface area contributed by atoms with Crippen molar-refractivity contribution < 1.29 is 14.2 Å². The number of morpholine rings is 1. The molecule has 1 fully saturated rings. The van der Waals surface area contributed by atoms with E-state index in [2.05, 4.69) is 20.2 Å². The summed E-state index contributed by atoms with van der Waals surface area (Å²) in [6, 6.07) is 5.37. The quantitative estimate of drug-likeness (QED) is 0.874. The molecule has 8 heteroatoms. The Labute approximate surface area is 151 Å². The van der Waals surface area contributed by atoms with Crippen molar-refractivity contribution in [2.75, 3.05) is 50.7 Å². The van der Waals surface area contributed by atoms with E-state index in [4.69, 9.17) is 25.8 Å². The van der Waals surface area contributed by atoms with Gasteiger partial charge in [-0.3, -0.25) is 0 Å². The summed E-state index contributed by atoms with van der Waals surface area (Å²) in [5, 5.41) is 3.76. The molecule has 1 aliphatic heterocycles. The van der Waals surface area contributed by atoms with Crippen LogP contribution in [0.25, 0.3) is 0 Å². The number of aryl methyl sites for hydroxylation is 1. The molecule has 3 rings (SSSR count). The number of halogens is 1. The topological polar surface area (TPSA) is 68.7 Å². The molecule has 2 heterocycles. The molecule has 7 nitrogen and oxygen atoms in total. The number of anilines is 3. The van der Waals surface area contributed by atoms with E-state index in [9.17, 15) is 0 Å². The van der Waals surface area contributed by atoms with Gasteiger partial charge >= 0.3 is 0 Å². The van der Waals surface area contributed by atoms with Gasteiger partial charge in [0, 0.05) is 37.0 Å². The van der Waals surface area contributed by atoms with E-state index in [1.807, 2.05) is 13.0 Å². The van der Waals surface area contributed by atoms with E-state index in [0.717, 1.165) is 24.5 Å². The molecule has 134 valence electrons. The first kappa shape index (κ1) is 17.6. The number of aromatic nitrogens is 2. The smallest absolute Gasteiger partial charge is 0.227 e. The van der Waals surface area contributed by atoms with Crippen molar-refractivity contribution in [2.24, 2.45) is 0 Å². The molecule has 25 heavy (non-hydrogen) atoms. The van der Waals surface area contributed by atoms with Crippen molar-refractivity contribution in [1.29, 1.82) is 0 Å². The Balaban J connectivity index is 1.91. The summed E-state index contributed by atoms with van der Waals surface area (Å²) in [7, 11) is 3.16. The Morgan fingerprint density at radius 3 is 2.48 bits per heavy atom. The molecule has 0 amide bonds. The van der Waals surface area contributed by atoms with Gasteiger partial charge in [0.15, 0.2) is 0 Å². The lowest BCUT2D eigenvalue weighted by atomic mass is 10.2. The van der Waals surface area contributed by atoms with Gasteiger partial charge in [-0.1, -0.05) is 11.6 Å². The van der Waals surface area contributed by atoms with Gasteiger partial charge in [0.1, 0.15) is 17.3 Å². The van der Waals surface area contributed by atoms with Crippen LogP contribution in [0.1, 0.15) is 5.69 Å². The molecular formula is C17H21ClN4O3. The average molecular weight is 365 g/mol. The van der Waals surface area contributed by atoms with Crippen LogP contribution in [-0.4, -0.2) is 50.5 Å². The summed E-state index contributed by atoms with van der Waals surface area (Å²) in [6.07, 6.45) is 0. The van der Waals surface area contributed by atoms with Crippen LogP contribution < -0.4 is 19.7 Å². The maximum absolute atomic E-state index is 6.16. The van der Waals surface area contributed by atoms with Gasteiger partial charge in [0.25, 0.3) is 0 Å². The van der Waals surface area contributed by atoms with Gasteiger partial charge in [-0.05, 0) is 6.92 Å².